The van der Waals surface area contributed by atoms with Crippen LogP contribution in [-0.4, -0.2) is 64.5 Å². The molecule has 2 rings (SSSR count). The standard InChI is InChI=1S/C11H17N3O4/c1-11(2)9(17)14(10(18)12-11)4-3-13-5-7(6-13)8(15)16/h7H,3-6H2,1-2H3,(H,12,18)(H,15,16). The molecule has 2 aliphatic rings. The molecule has 0 saturated carbocycles. The second kappa shape index (κ2) is 4.24. The molecule has 0 unspecified atom stereocenters. The van der Waals surface area contributed by atoms with Gasteiger partial charge in [-0.3, -0.25) is 19.4 Å². The van der Waals surface area contributed by atoms with E-state index in [4.69, 9.17) is 5.11 Å². The van der Waals surface area contributed by atoms with Gasteiger partial charge in [-0.05, 0) is 13.8 Å². The van der Waals surface area contributed by atoms with Gasteiger partial charge in [0.15, 0.2) is 0 Å². The van der Waals surface area contributed by atoms with E-state index >= 15 is 0 Å². The Labute approximate surface area is 105 Å². The minimum absolute atomic E-state index is 0.234. The Balaban J connectivity index is 1.80. The van der Waals surface area contributed by atoms with Gasteiger partial charge in [-0.25, -0.2) is 4.79 Å². The highest BCUT2D eigenvalue weighted by atomic mass is 16.4. The summed E-state index contributed by atoms with van der Waals surface area (Å²) >= 11 is 0. The lowest BCUT2D eigenvalue weighted by molar-refractivity contribution is -0.147. The Morgan fingerprint density at radius 1 is 1.39 bits per heavy atom. The number of amides is 3. The average molecular weight is 255 g/mol. The Kier molecular flexibility index (Phi) is 3.02. The van der Waals surface area contributed by atoms with E-state index in [1.807, 2.05) is 4.90 Å². The van der Waals surface area contributed by atoms with E-state index in [-0.39, 0.29) is 17.9 Å². The van der Waals surface area contributed by atoms with Crippen molar-refractivity contribution in [3.05, 3.63) is 0 Å². The molecule has 0 bridgehead atoms. The van der Waals surface area contributed by atoms with Crippen molar-refractivity contribution in [3.63, 3.8) is 0 Å². The Morgan fingerprint density at radius 2 is 2.00 bits per heavy atom. The number of carbonyl (C=O) groups is 3. The van der Waals surface area contributed by atoms with Gasteiger partial charge in [0.05, 0.1) is 5.92 Å². The number of likely N-dealkylation sites (tertiary alicyclic amines) is 1. The molecule has 0 spiro atoms. The molecule has 2 fully saturated rings. The molecule has 2 heterocycles. The Bertz CT molecular complexity index is 401. The minimum Gasteiger partial charge on any atom is -0.481 e. The second-order valence-corrected chi connectivity index (χ2v) is 5.31. The summed E-state index contributed by atoms with van der Waals surface area (Å²) in [5, 5.41) is 11.3. The molecule has 0 aliphatic carbocycles. The maximum atomic E-state index is 11.9. The summed E-state index contributed by atoms with van der Waals surface area (Å²) in [6.07, 6.45) is 0. The first kappa shape index (κ1) is 12.8. The Hall–Kier alpha value is -1.63. The SMILES string of the molecule is CC1(C)NC(=O)N(CCN2CC(C(=O)O)C2)C1=O. The number of rotatable bonds is 4. The zero-order chi connectivity index (χ0) is 13.5. The van der Waals surface area contributed by atoms with Crippen molar-refractivity contribution in [3.8, 4) is 0 Å². The first-order valence-corrected chi connectivity index (χ1v) is 5.90. The number of nitrogens with one attached hydrogen (secondary N) is 1. The van der Waals surface area contributed by atoms with Crippen LogP contribution in [0, 0.1) is 5.92 Å². The fourth-order valence-electron chi connectivity index (χ4n) is 2.17. The molecule has 2 saturated heterocycles. The van der Waals surface area contributed by atoms with Crippen molar-refractivity contribution in [2.45, 2.75) is 19.4 Å². The summed E-state index contributed by atoms with van der Waals surface area (Å²) in [5.74, 6) is -1.34. The van der Waals surface area contributed by atoms with E-state index < -0.39 is 11.5 Å². The van der Waals surface area contributed by atoms with Crippen LogP contribution in [0.3, 0.4) is 0 Å². The second-order valence-electron chi connectivity index (χ2n) is 5.31. The molecule has 2 aliphatic heterocycles. The van der Waals surface area contributed by atoms with Gasteiger partial charge in [-0.15, -0.1) is 0 Å². The summed E-state index contributed by atoms with van der Waals surface area (Å²) < 4.78 is 0. The fourth-order valence-corrected chi connectivity index (χ4v) is 2.17. The molecule has 0 aromatic rings. The van der Waals surface area contributed by atoms with Crippen molar-refractivity contribution >= 4 is 17.9 Å². The zero-order valence-corrected chi connectivity index (χ0v) is 10.5. The smallest absolute Gasteiger partial charge is 0.325 e. The highest BCUT2D eigenvalue weighted by Crippen LogP contribution is 2.18. The summed E-state index contributed by atoms with van der Waals surface area (Å²) in [5.41, 5.74) is -0.838. The third kappa shape index (κ3) is 2.17. The topological polar surface area (TPSA) is 90.0 Å². The quantitative estimate of drug-likeness (QED) is 0.650. The predicted octanol–water partition coefficient (Wildman–Crippen LogP) is -0.667. The molecule has 18 heavy (non-hydrogen) atoms. The summed E-state index contributed by atoms with van der Waals surface area (Å²) in [7, 11) is 0. The normalized spacial score (nSPS) is 24.0. The maximum absolute atomic E-state index is 11.9. The molecule has 2 N–H and O–H groups in total. The van der Waals surface area contributed by atoms with Crippen LogP contribution in [0.1, 0.15) is 13.8 Å². The van der Waals surface area contributed by atoms with Crippen LogP contribution in [0.5, 0.6) is 0 Å². The summed E-state index contributed by atoms with van der Waals surface area (Å²) in [4.78, 5) is 37.2. The van der Waals surface area contributed by atoms with Gasteiger partial charge in [-0.2, -0.15) is 0 Å². The van der Waals surface area contributed by atoms with Gasteiger partial charge < -0.3 is 10.4 Å². The van der Waals surface area contributed by atoms with Crippen LogP contribution in [0.4, 0.5) is 4.79 Å². The van der Waals surface area contributed by atoms with Crippen molar-refractivity contribution in [1.82, 2.24) is 15.1 Å². The first-order chi connectivity index (χ1) is 8.31. The van der Waals surface area contributed by atoms with E-state index in [9.17, 15) is 14.4 Å². The number of nitrogens with zero attached hydrogens (tertiary/aromatic N) is 2. The number of carbonyl (C=O) groups excluding carboxylic acids is 2. The molecule has 0 aromatic carbocycles. The predicted molar refractivity (Wildman–Crippen MR) is 61.9 cm³/mol. The average Bonchev–Trinajstić information content (AvgIpc) is 2.36. The zero-order valence-electron chi connectivity index (χ0n) is 10.5. The van der Waals surface area contributed by atoms with Gasteiger partial charge in [0.25, 0.3) is 5.91 Å². The van der Waals surface area contributed by atoms with Gasteiger partial charge in [0.1, 0.15) is 5.54 Å². The van der Waals surface area contributed by atoms with Crippen LogP contribution < -0.4 is 5.32 Å². The molecule has 7 nitrogen and oxygen atoms in total. The minimum atomic E-state index is -0.838. The van der Waals surface area contributed by atoms with Gasteiger partial charge in [0.2, 0.25) is 0 Å². The van der Waals surface area contributed by atoms with E-state index in [0.717, 1.165) is 0 Å². The van der Waals surface area contributed by atoms with Crippen molar-refractivity contribution in [1.29, 1.82) is 0 Å². The molecular weight excluding hydrogens is 238 g/mol. The van der Waals surface area contributed by atoms with Crippen LogP contribution in [0.2, 0.25) is 0 Å². The number of carboxylic acid groups (broad SMARTS) is 1. The lowest BCUT2D eigenvalue weighted by Gasteiger charge is -2.37. The third-order valence-electron chi connectivity index (χ3n) is 3.39. The highest BCUT2D eigenvalue weighted by Gasteiger charge is 2.44. The first-order valence-electron chi connectivity index (χ1n) is 5.90. The fraction of sp³-hybridized carbons (Fsp3) is 0.727. The molecule has 3 amide bonds. The highest BCUT2D eigenvalue weighted by molar-refractivity contribution is 6.06. The van der Waals surface area contributed by atoms with E-state index in [2.05, 4.69) is 5.32 Å². The van der Waals surface area contributed by atoms with E-state index in [1.165, 1.54) is 4.90 Å². The van der Waals surface area contributed by atoms with Crippen LogP contribution >= 0.6 is 0 Å². The third-order valence-corrected chi connectivity index (χ3v) is 3.39. The lowest BCUT2D eigenvalue weighted by atomic mass is 10.0. The molecule has 0 aromatic heterocycles. The van der Waals surface area contributed by atoms with E-state index in [0.29, 0.717) is 26.2 Å². The Morgan fingerprint density at radius 3 is 2.44 bits per heavy atom. The number of aliphatic carboxylic acids is 1. The largest absolute Gasteiger partial charge is 0.481 e. The maximum Gasteiger partial charge on any atom is 0.325 e. The lowest BCUT2D eigenvalue weighted by Crippen LogP contribution is -2.53. The van der Waals surface area contributed by atoms with Gasteiger partial charge in [-0.1, -0.05) is 0 Å². The van der Waals surface area contributed by atoms with Crippen LogP contribution in [0.15, 0.2) is 0 Å². The van der Waals surface area contributed by atoms with E-state index in [1.54, 1.807) is 13.8 Å². The molecule has 100 valence electrons. The van der Waals surface area contributed by atoms with Crippen molar-refractivity contribution in [2.24, 2.45) is 5.92 Å². The van der Waals surface area contributed by atoms with Crippen LogP contribution in [0.25, 0.3) is 0 Å². The van der Waals surface area contributed by atoms with Crippen molar-refractivity contribution in [2.75, 3.05) is 26.2 Å². The number of urea groups is 1. The van der Waals surface area contributed by atoms with Gasteiger partial charge in [0, 0.05) is 26.2 Å². The number of carboxylic acids is 1. The molecule has 0 radical (unpaired) electrons. The molecular formula is C11H17N3O4. The number of imide groups is 1. The van der Waals surface area contributed by atoms with Gasteiger partial charge >= 0.3 is 12.0 Å². The number of hydrogen-bond acceptors (Lipinski definition) is 4. The van der Waals surface area contributed by atoms with Crippen LogP contribution in [-0.2, 0) is 9.59 Å². The molecule has 7 heteroatoms. The number of hydrogen-bond donors (Lipinski definition) is 2. The molecule has 0 atom stereocenters. The summed E-state index contributed by atoms with van der Waals surface area (Å²) in [6.45, 7) is 5.14. The monoisotopic (exact) mass is 255 g/mol. The summed E-state index contributed by atoms with van der Waals surface area (Å²) in [6, 6.07) is -0.375. The van der Waals surface area contributed by atoms with Crippen molar-refractivity contribution < 1.29 is 19.5 Å².